The Bertz CT molecular complexity index is 739. The summed E-state index contributed by atoms with van der Waals surface area (Å²) in [5, 5.41) is 3.31. The summed E-state index contributed by atoms with van der Waals surface area (Å²) >= 11 is 0. The number of aromatic amines is 1. The Kier molecular flexibility index (Phi) is 4.43. The summed E-state index contributed by atoms with van der Waals surface area (Å²) in [4.78, 5) is 28.6. The van der Waals surface area contributed by atoms with E-state index in [-0.39, 0.29) is 17.5 Å². The summed E-state index contributed by atoms with van der Waals surface area (Å²) in [6, 6.07) is 12.2. The lowest BCUT2D eigenvalue weighted by molar-refractivity contribution is 0.0628. The molecule has 120 valence electrons. The van der Waals surface area contributed by atoms with Crippen molar-refractivity contribution in [1.29, 1.82) is 0 Å². The summed E-state index contributed by atoms with van der Waals surface area (Å²) in [7, 11) is 1.62. The quantitative estimate of drug-likeness (QED) is 0.892. The number of carbonyl (C=O) groups is 1. The second-order valence-corrected chi connectivity index (χ2v) is 5.42. The molecule has 0 radical (unpaired) electrons. The topological polar surface area (TPSA) is 74.4 Å². The first kappa shape index (κ1) is 15.3. The van der Waals surface area contributed by atoms with Crippen LogP contribution in [0.1, 0.15) is 22.1 Å². The Labute approximate surface area is 134 Å². The van der Waals surface area contributed by atoms with Gasteiger partial charge in [0.2, 0.25) is 5.56 Å². The number of hydrogen-bond donors (Lipinski definition) is 2. The molecule has 1 atom stereocenters. The number of amides is 1. The highest BCUT2D eigenvalue weighted by atomic mass is 16.5. The molecular formula is C17H19N3O3. The first-order valence-electron chi connectivity index (χ1n) is 7.54. The summed E-state index contributed by atoms with van der Waals surface area (Å²) < 4.78 is 5.18. The van der Waals surface area contributed by atoms with Gasteiger partial charge < -0.3 is 19.9 Å². The Balaban J connectivity index is 1.88. The number of H-pyrrole nitrogens is 1. The molecule has 6 nitrogen and oxygen atoms in total. The molecule has 1 aliphatic rings. The van der Waals surface area contributed by atoms with Crippen LogP contribution < -0.4 is 15.6 Å². The van der Waals surface area contributed by atoms with Crippen molar-refractivity contribution >= 4 is 5.91 Å². The Morgan fingerprint density at radius 1 is 1.22 bits per heavy atom. The number of piperazine rings is 1. The normalized spacial score (nSPS) is 17.8. The van der Waals surface area contributed by atoms with Crippen LogP contribution in [0.3, 0.4) is 0 Å². The van der Waals surface area contributed by atoms with E-state index < -0.39 is 0 Å². The monoisotopic (exact) mass is 313 g/mol. The molecule has 1 aliphatic heterocycles. The zero-order valence-corrected chi connectivity index (χ0v) is 12.9. The van der Waals surface area contributed by atoms with Crippen molar-refractivity contribution in [3.8, 4) is 5.75 Å². The maximum absolute atomic E-state index is 12.8. The zero-order valence-electron chi connectivity index (χ0n) is 12.9. The van der Waals surface area contributed by atoms with Gasteiger partial charge in [0.15, 0.2) is 0 Å². The van der Waals surface area contributed by atoms with Crippen molar-refractivity contribution in [2.75, 3.05) is 26.7 Å². The number of nitrogens with zero attached hydrogens (tertiary/aromatic N) is 1. The number of aromatic nitrogens is 1. The second kappa shape index (κ2) is 6.66. The first-order valence-corrected chi connectivity index (χ1v) is 7.54. The Hall–Kier alpha value is -2.60. The predicted molar refractivity (Wildman–Crippen MR) is 86.7 cm³/mol. The van der Waals surface area contributed by atoms with Crippen LogP contribution in [0.15, 0.2) is 47.3 Å². The van der Waals surface area contributed by atoms with Crippen LogP contribution in [-0.2, 0) is 0 Å². The number of nitrogens with one attached hydrogen (secondary N) is 2. The number of ether oxygens (including phenoxy) is 1. The third-order valence-corrected chi connectivity index (χ3v) is 4.00. The highest BCUT2D eigenvalue weighted by Gasteiger charge is 2.29. The summed E-state index contributed by atoms with van der Waals surface area (Å²) in [5.41, 5.74) is 1.08. The fourth-order valence-corrected chi connectivity index (χ4v) is 2.80. The van der Waals surface area contributed by atoms with Crippen molar-refractivity contribution in [2.24, 2.45) is 0 Å². The SMILES string of the molecule is COc1ccc([C@H]2CNCCN2C(=O)c2cccc(=O)[nH]2)cc1. The highest BCUT2D eigenvalue weighted by molar-refractivity contribution is 5.92. The number of benzene rings is 1. The van der Waals surface area contributed by atoms with E-state index in [0.29, 0.717) is 18.8 Å². The fourth-order valence-electron chi connectivity index (χ4n) is 2.80. The number of rotatable bonds is 3. The van der Waals surface area contributed by atoms with Gasteiger partial charge in [-0.25, -0.2) is 0 Å². The van der Waals surface area contributed by atoms with Crippen LogP contribution >= 0.6 is 0 Å². The smallest absolute Gasteiger partial charge is 0.270 e. The summed E-state index contributed by atoms with van der Waals surface area (Å²) in [6.45, 7) is 2.00. The van der Waals surface area contributed by atoms with Gasteiger partial charge in [0.05, 0.1) is 13.2 Å². The third kappa shape index (κ3) is 3.27. The molecule has 2 heterocycles. The number of carbonyl (C=O) groups excluding carboxylic acids is 1. The minimum absolute atomic E-state index is 0.0779. The average Bonchev–Trinajstić information content (AvgIpc) is 2.61. The molecule has 1 saturated heterocycles. The van der Waals surface area contributed by atoms with Crippen LogP contribution in [0.4, 0.5) is 0 Å². The molecule has 3 rings (SSSR count). The first-order chi connectivity index (χ1) is 11.2. The lowest BCUT2D eigenvalue weighted by Gasteiger charge is -2.36. The number of methoxy groups -OCH3 is 1. The molecule has 23 heavy (non-hydrogen) atoms. The molecule has 0 unspecified atom stereocenters. The maximum atomic E-state index is 12.8. The van der Waals surface area contributed by atoms with Gasteiger partial charge in [-0.3, -0.25) is 9.59 Å². The van der Waals surface area contributed by atoms with Gasteiger partial charge in [-0.15, -0.1) is 0 Å². The van der Waals surface area contributed by atoms with Gasteiger partial charge >= 0.3 is 0 Å². The van der Waals surface area contributed by atoms with E-state index >= 15 is 0 Å². The lowest BCUT2D eigenvalue weighted by atomic mass is 10.0. The Morgan fingerprint density at radius 3 is 2.70 bits per heavy atom. The van der Waals surface area contributed by atoms with Crippen molar-refractivity contribution in [3.63, 3.8) is 0 Å². The van der Waals surface area contributed by atoms with Gasteiger partial charge in [0.1, 0.15) is 11.4 Å². The van der Waals surface area contributed by atoms with Crippen molar-refractivity contribution in [1.82, 2.24) is 15.2 Å². The molecule has 1 fully saturated rings. The summed E-state index contributed by atoms with van der Waals surface area (Å²) in [5.74, 6) is 0.618. The number of pyridine rings is 1. The molecule has 2 N–H and O–H groups in total. The summed E-state index contributed by atoms with van der Waals surface area (Å²) in [6.07, 6.45) is 0. The van der Waals surface area contributed by atoms with E-state index in [1.54, 1.807) is 24.1 Å². The van der Waals surface area contributed by atoms with Gasteiger partial charge in [-0.2, -0.15) is 0 Å². The lowest BCUT2D eigenvalue weighted by Crippen LogP contribution is -2.49. The van der Waals surface area contributed by atoms with Gasteiger partial charge in [-0.05, 0) is 23.8 Å². The fraction of sp³-hybridized carbons (Fsp3) is 0.294. The van der Waals surface area contributed by atoms with E-state index in [2.05, 4.69) is 10.3 Å². The molecule has 1 amide bonds. The van der Waals surface area contributed by atoms with Crippen molar-refractivity contribution < 1.29 is 9.53 Å². The Morgan fingerprint density at radius 2 is 2.00 bits per heavy atom. The highest BCUT2D eigenvalue weighted by Crippen LogP contribution is 2.25. The minimum Gasteiger partial charge on any atom is -0.497 e. The predicted octanol–water partition coefficient (Wildman–Crippen LogP) is 1.17. The van der Waals surface area contributed by atoms with Crippen molar-refractivity contribution in [3.05, 3.63) is 64.1 Å². The molecule has 6 heteroatoms. The minimum atomic E-state index is -0.271. The molecule has 2 aromatic rings. The average molecular weight is 313 g/mol. The standard InChI is InChI=1S/C17H19N3O3/c1-23-13-7-5-12(6-8-13)15-11-18-9-10-20(15)17(22)14-3-2-4-16(21)19-14/h2-8,15,18H,9-11H2,1H3,(H,19,21)/t15-/m1/s1. The molecule has 0 saturated carbocycles. The van der Waals surface area contributed by atoms with E-state index in [1.807, 2.05) is 24.3 Å². The van der Waals surface area contributed by atoms with Gasteiger partial charge in [-0.1, -0.05) is 18.2 Å². The van der Waals surface area contributed by atoms with Crippen LogP contribution in [0, 0.1) is 0 Å². The second-order valence-electron chi connectivity index (χ2n) is 5.42. The third-order valence-electron chi connectivity index (χ3n) is 4.00. The molecule has 0 aliphatic carbocycles. The van der Waals surface area contributed by atoms with Crippen molar-refractivity contribution in [2.45, 2.75) is 6.04 Å². The van der Waals surface area contributed by atoms with Crippen LogP contribution in [-0.4, -0.2) is 42.5 Å². The molecular weight excluding hydrogens is 294 g/mol. The maximum Gasteiger partial charge on any atom is 0.270 e. The van der Waals surface area contributed by atoms with E-state index in [0.717, 1.165) is 17.9 Å². The molecule has 1 aromatic heterocycles. The van der Waals surface area contributed by atoms with E-state index in [1.165, 1.54) is 6.07 Å². The molecule has 0 bridgehead atoms. The largest absolute Gasteiger partial charge is 0.497 e. The van der Waals surface area contributed by atoms with E-state index in [9.17, 15) is 9.59 Å². The van der Waals surface area contributed by atoms with Crippen LogP contribution in [0.25, 0.3) is 0 Å². The van der Waals surface area contributed by atoms with Gasteiger partial charge in [0, 0.05) is 25.7 Å². The van der Waals surface area contributed by atoms with E-state index in [4.69, 9.17) is 4.74 Å². The molecule has 0 spiro atoms. The molecule has 1 aromatic carbocycles. The zero-order chi connectivity index (χ0) is 16.2. The van der Waals surface area contributed by atoms with Gasteiger partial charge in [0.25, 0.3) is 5.91 Å². The van der Waals surface area contributed by atoms with Crippen LogP contribution in [0.2, 0.25) is 0 Å². The number of hydrogen-bond acceptors (Lipinski definition) is 4. The van der Waals surface area contributed by atoms with Crippen LogP contribution in [0.5, 0.6) is 5.75 Å².